The third kappa shape index (κ3) is 2.81. The van der Waals surface area contributed by atoms with Gasteiger partial charge in [-0.25, -0.2) is 0 Å². The summed E-state index contributed by atoms with van der Waals surface area (Å²) in [7, 11) is 0. The van der Waals surface area contributed by atoms with Crippen molar-refractivity contribution in [2.75, 3.05) is 18.0 Å². The number of aliphatic hydroxyl groups excluding tert-OH is 1. The van der Waals surface area contributed by atoms with E-state index in [2.05, 4.69) is 39.9 Å². The predicted molar refractivity (Wildman–Crippen MR) is 74.0 cm³/mol. The molecule has 0 aromatic heterocycles. The zero-order valence-corrected chi connectivity index (χ0v) is 11.7. The number of anilines is 1. The second-order valence-electron chi connectivity index (χ2n) is 4.77. The molecule has 2 unspecified atom stereocenters. The second-order valence-corrected chi connectivity index (χ2v) is 5.62. The number of piperidine rings is 1. The van der Waals surface area contributed by atoms with Crippen LogP contribution in [0.4, 0.5) is 5.69 Å². The van der Waals surface area contributed by atoms with Crippen LogP contribution in [0.15, 0.2) is 22.7 Å². The highest BCUT2D eigenvalue weighted by atomic mass is 79.9. The molecule has 17 heavy (non-hydrogen) atoms. The molecule has 1 saturated heterocycles. The molecule has 0 aliphatic carbocycles. The summed E-state index contributed by atoms with van der Waals surface area (Å²) in [4.78, 5) is 2.23. The van der Waals surface area contributed by atoms with Gasteiger partial charge in [0.25, 0.3) is 0 Å². The molecule has 0 saturated carbocycles. The van der Waals surface area contributed by atoms with Crippen molar-refractivity contribution in [2.45, 2.75) is 26.0 Å². The number of nitrogens with two attached hydrogens (primary N) is 1. The van der Waals surface area contributed by atoms with E-state index in [9.17, 15) is 5.11 Å². The molecule has 0 amide bonds. The molecule has 3 N–H and O–H groups in total. The molecular formula is C13H19BrN2O. The lowest BCUT2D eigenvalue weighted by Gasteiger charge is -2.36. The lowest BCUT2D eigenvalue weighted by Crippen LogP contribution is -2.43. The van der Waals surface area contributed by atoms with E-state index in [4.69, 9.17) is 5.73 Å². The average molecular weight is 299 g/mol. The fourth-order valence-corrected chi connectivity index (χ4v) is 2.88. The SMILES string of the molecule is CC1CCN(c2ccc(CN)cc2Br)CC1O. The van der Waals surface area contributed by atoms with E-state index in [0.717, 1.165) is 28.7 Å². The Morgan fingerprint density at radius 2 is 2.29 bits per heavy atom. The Hall–Kier alpha value is -0.580. The van der Waals surface area contributed by atoms with Crippen molar-refractivity contribution in [3.63, 3.8) is 0 Å². The van der Waals surface area contributed by atoms with E-state index in [-0.39, 0.29) is 6.10 Å². The van der Waals surface area contributed by atoms with Gasteiger partial charge < -0.3 is 15.7 Å². The first-order chi connectivity index (χ1) is 8.11. The fourth-order valence-electron chi connectivity index (χ4n) is 2.20. The van der Waals surface area contributed by atoms with Crippen molar-refractivity contribution in [1.82, 2.24) is 0 Å². The van der Waals surface area contributed by atoms with Gasteiger partial charge in [0.15, 0.2) is 0 Å². The molecule has 4 heteroatoms. The molecule has 0 spiro atoms. The summed E-state index contributed by atoms with van der Waals surface area (Å²) in [6.07, 6.45) is 0.802. The fraction of sp³-hybridized carbons (Fsp3) is 0.538. The number of nitrogens with zero attached hydrogens (tertiary/aromatic N) is 1. The molecule has 2 rings (SSSR count). The maximum absolute atomic E-state index is 9.92. The molecular weight excluding hydrogens is 280 g/mol. The van der Waals surface area contributed by atoms with E-state index in [0.29, 0.717) is 19.0 Å². The van der Waals surface area contributed by atoms with Gasteiger partial charge in [-0.05, 0) is 46.0 Å². The third-order valence-electron chi connectivity index (χ3n) is 3.51. The van der Waals surface area contributed by atoms with Crippen LogP contribution < -0.4 is 10.6 Å². The molecule has 1 heterocycles. The monoisotopic (exact) mass is 298 g/mol. The molecule has 1 aliphatic heterocycles. The number of benzene rings is 1. The maximum atomic E-state index is 9.92. The Morgan fingerprint density at radius 3 is 2.88 bits per heavy atom. The minimum Gasteiger partial charge on any atom is -0.391 e. The summed E-state index contributed by atoms with van der Waals surface area (Å²) in [5.74, 6) is 0.397. The Balaban J connectivity index is 2.17. The van der Waals surface area contributed by atoms with E-state index < -0.39 is 0 Å². The Bertz CT molecular complexity index is 397. The summed E-state index contributed by atoms with van der Waals surface area (Å²) < 4.78 is 1.06. The van der Waals surface area contributed by atoms with E-state index in [1.807, 2.05) is 6.07 Å². The highest BCUT2D eigenvalue weighted by Crippen LogP contribution is 2.30. The van der Waals surface area contributed by atoms with Crippen LogP contribution in [-0.4, -0.2) is 24.3 Å². The standard InChI is InChI=1S/C13H19BrN2O/c1-9-4-5-16(8-13(9)17)12-3-2-10(7-15)6-11(12)14/h2-3,6,9,13,17H,4-5,7-8,15H2,1H3. The van der Waals surface area contributed by atoms with Crippen molar-refractivity contribution in [3.05, 3.63) is 28.2 Å². The first-order valence-electron chi connectivity index (χ1n) is 6.03. The van der Waals surface area contributed by atoms with Crippen molar-refractivity contribution >= 4 is 21.6 Å². The highest BCUT2D eigenvalue weighted by Gasteiger charge is 2.25. The van der Waals surface area contributed by atoms with Gasteiger partial charge in [0, 0.05) is 24.1 Å². The number of β-amino-alcohol motifs (C(OH)–C–C–N with tert-alkyl or cyclic N) is 1. The summed E-state index contributed by atoms with van der Waals surface area (Å²) in [6.45, 7) is 4.37. The van der Waals surface area contributed by atoms with Crippen LogP contribution in [0.3, 0.4) is 0 Å². The molecule has 94 valence electrons. The molecule has 1 aliphatic rings. The van der Waals surface area contributed by atoms with Gasteiger partial charge in [0.05, 0.1) is 11.8 Å². The molecule has 1 aromatic carbocycles. The Labute approximate surface area is 111 Å². The van der Waals surface area contributed by atoms with Gasteiger partial charge in [-0.3, -0.25) is 0 Å². The van der Waals surface area contributed by atoms with E-state index >= 15 is 0 Å². The molecule has 1 aromatic rings. The zero-order chi connectivity index (χ0) is 12.4. The Kier molecular flexibility index (Phi) is 4.07. The quantitative estimate of drug-likeness (QED) is 0.879. The first-order valence-corrected chi connectivity index (χ1v) is 6.82. The number of rotatable bonds is 2. The topological polar surface area (TPSA) is 49.5 Å². The van der Waals surface area contributed by atoms with Crippen molar-refractivity contribution in [3.8, 4) is 0 Å². The zero-order valence-electron chi connectivity index (χ0n) is 10.1. The number of aliphatic hydroxyl groups is 1. The minimum absolute atomic E-state index is 0.232. The smallest absolute Gasteiger partial charge is 0.0741 e. The maximum Gasteiger partial charge on any atom is 0.0741 e. The van der Waals surface area contributed by atoms with E-state index in [1.165, 1.54) is 0 Å². The summed E-state index contributed by atoms with van der Waals surface area (Å²) in [5.41, 5.74) is 7.88. The van der Waals surface area contributed by atoms with Gasteiger partial charge in [0.1, 0.15) is 0 Å². The minimum atomic E-state index is -0.232. The van der Waals surface area contributed by atoms with Crippen molar-refractivity contribution in [1.29, 1.82) is 0 Å². The molecule has 3 nitrogen and oxygen atoms in total. The normalized spacial score (nSPS) is 25.1. The molecule has 0 bridgehead atoms. The number of hydrogen-bond acceptors (Lipinski definition) is 3. The second kappa shape index (κ2) is 5.38. The van der Waals surface area contributed by atoms with Gasteiger partial charge in [-0.15, -0.1) is 0 Å². The van der Waals surface area contributed by atoms with Crippen LogP contribution in [0.2, 0.25) is 0 Å². The van der Waals surface area contributed by atoms with E-state index in [1.54, 1.807) is 0 Å². The first kappa shape index (κ1) is 12.9. The third-order valence-corrected chi connectivity index (χ3v) is 4.14. The summed E-state index contributed by atoms with van der Waals surface area (Å²) in [5, 5.41) is 9.92. The summed E-state index contributed by atoms with van der Waals surface area (Å²) >= 11 is 3.58. The van der Waals surface area contributed by atoms with Crippen LogP contribution in [0.5, 0.6) is 0 Å². The number of halogens is 1. The van der Waals surface area contributed by atoms with Crippen LogP contribution >= 0.6 is 15.9 Å². The summed E-state index contributed by atoms with van der Waals surface area (Å²) in [6, 6.07) is 6.18. The average Bonchev–Trinajstić information content (AvgIpc) is 2.32. The van der Waals surface area contributed by atoms with Crippen LogP contribution in [0.25, 0.3) is 0 Å². The van der Waals surface area contributed by atoms with Gasteiger partial charge in [-0.2, -0.15) is 0 Å². The van der Waals surface area contributed by atoms with Gasteiger partial charge in [0.2, 0.25) is 0 Å². The highest BCUT2D eigenvalue weighted by molar-refractivity contribution is 9.10. The number of hydrogen-bond donors (Lipinski definition) is 2. The largest absolute Gasteiger partial charge is 0.391 e. The Morgan fingerprint density at radius 1 is 1.53 bits per heavy atom. The lowest BCUT2D eigenvalue weighted by atomic mass is 9.95. The van der Waals surface area contributed by atoms with Crippen molar-refractivity contribution < 1.29 is 5.11 Å². The van der Waals surface area contributed by atoms with Gasteiger partial charge >= 0.3 is 0 Å². The molecule has 1 fully saturated rings. The van der Waals surface area contributed by atoms with Crippen molar-refractivity contribution in [2.24, 2.45) is 11.7 Å². The van der Waals surface area contributed by atoms with Crippen LogP contribution in [0, 0.1) is 5.92 Å². The lowest BCUT2D eigenvalue weighted by molar-refractivity contribution is 0.103. The van der Waals surface area contributed by atoms with Crippen LogP contribution in [-0.2, 0) is 6.54 Å². The van der Waals surface area contributed by atoms with Gasteiger partial charge in [-0.1, -0.05) is 13.0 Å². The predicted octanol–water partition coefficient (Wildman–Crippen LogP) is 2.11. The molecule has 0 radical (unpaired) electrons. The van der Waals surface area contributed by atoms with Crippen LogP contribution in [0.1, 0.15) is 18.9 Å². The molecule has 2 atom stereocenters.